The molecule has 0 unspecified atom stereocenters. The van der Waals surface area contributed by atoms with E-state index in [0.717, 1.165) is 4.52 Å². The van der Waals surface area contributed by atoms with Gasteiger partial charge in [0.2, 0.25) is 5.88 Å². The van der Waals surface area contributed by atoms with Crippen LogP contribution in [-0.4, -0.2) is 16.7 Å². The van der Waals surface area contributed by atoms with Crippen molar-refractivity contribution in [2.75, 3.05) is 7.11 Å². The molecule has 0 spiro atoms. The summed E-state index contributed by atoms with van der Waals surface area (Å²) in [6.07, 6.45) is -4.60. The topological polar surface area (TPSA) is 26.5 Å². The van der Waals surface area contributed by atoms with Gasteiger partial charge in [-0.15, -0.1) is 0 Å². The average Bonchev–Trinajstić information content (AvgIpc) is 2.58. The number of hydrogen-bond acceptors (Lipinski definition) is 2. The molecule has 0 bridgehead atoms. The number of pyridine rings is 1. The first kappa shape index (κ1) is 12.5. The van der Waals surface area contributed by atoms with Crippen LogP contribution in [0, 0.1) is 0 Å². The molecule has 0 saturated heterocycles. The molecule has 0 radical (unpaired) electrons. The molecule has 2 aromatic rings. The standard InChI is InChI=1S/C9H5BrClF3N2O/c1-17-5-3-2-4(10)7-6(11)8(9(12,13)14)15-16(5)7/h2-3H,1H3. The average molecular weight is 330 g/mol. The second kappa shape index (κ2) is 4.06. The maximum atomic E-state index is 12.6. The Kier molecular flexibility index (Phi) is 2.99. The van der Waals surface area contributed by atoms with E-state index in [1.54, 1.807) is 6.07 Å². The van der Waals surface area contributed by atoms with Crippen LogP contribution in [0.5, 0.6) is 5.88 Å². The molecular weight excluding hydrogens is 324 g/mol. The summed E-state index contributed by atoms with van der Waals surface area (Å²) in [4.78, 5) is 0. The van der Waals surface area contributed by atoms with Crippen LogP contribution in [0.4, 0.5) is 13.2 Å². The van der Waals surface area contributed by atoms with Gasteiger partial charge in [0.05, 0.1) is 7.11 Å². The first-order valence-electron chi connectivity index (χ1n) is 4.34. The van der Waals surface area contributed by atoms with Crippen molar-refractivity contribution in [2.24, 2.45) is 0 Å². The molecule has 0 aliphatic rings. The third kappa shape index (κ3) is 1.97. The molecule has 2 rings (SSSR count). The Labute approximate surface area is 107 Å². The molecular formula is C9H5BrClF3N2O. The van der Waals surface area contributed by atoms with Gasteiger partial charge in [-0.2, -0.15) is 22.8 Å². The van der Waals surface area contributed by atoms with Gasteiger partial charge < -0.3 is 4.74 Å². The zero-order chi connectivity index (χ0) is 12.8. The number of hydrogen-bond donors (Lipinski definition) is 0. The van der Waals surface area contributed by atoms with Crippen LogP contribution in [0.25, 0.3) is 5.52 Å². The number of alkyl halides is 3. The number of aromatic nitrogens is 2. The van der Waals surface area contributed by atoms with Crippen LogP contribution in [0.3, 0.4) is 0 Å². The summed E-state index contributed by atoms with van der Waals surface area (Å²) in [6.45, 7) is 0. The Morgan fingerprint density at radius 1 is 1.41 bits per heavy atom. The zero-order valence-electron chi connectivity index (χ0n) is 8.35. The summed E-state index contributed by atoms with van der Waals surface area (Å²) in [5, 5.41) is 2.96. The van der Waals surface area contributed by atoms with Gasteiger partial charge >= 0.3 is 6.18 Å². The monoisotopic (exact) mass is 328 g/mol. The lowest BCUT2D eigenvalue weighted by Crippen LogP contribution is -2.07. The fourth-order valence-corrected chi connectivity index (χ4v) is 2.33. The molecule has 0 aromatic carbocycles. The Morgan fingerprint density at radius 2 is 2.06 bits per heavy atom. The Morgan fingerprint density at radius 3 is 2.59 bits per heavy atom. The van der Waals surface area contributed by atoms with E-state index in [1.165, 1.54) is 13.2 Å². The van der Waals surface area contributed by atoms with Gasteiger partial charge in [-0.1, -0.05) is 11.6 Å². The van der Waals surface area contributed by atoms with E-state index in [-0.39, 0.29) is 11.4 Å². The van der Waals surface area contributed by atoms with Crippen LogP contribution in [0.15, 0.2) is 16.6 Å². The summed E-state index contributed by atoms with van der Waals surface area (Å²) in [5.41, 5.74) is -1.01. The minimum Gasteiger partial charge on any atom is -0.481 e. The molecule has 0 fully saturated rings. The van der Waals surface area contributed by atoms with E-state index < -0.39 is 16.9 Å². The maximum Gasteiger partial charge on any atom is 0.436 e. The largest absolute Gasteiger partial charge is 0.481 e. The molecule has 0 aliphatic carbocycles. The lowest BCUT2D eigenvalue weighted by Gasteiger charge is -2.03. The van der Waals surface area contributed by atoms with E-state index in [1.807, 2.05) is 0 Å². The number of methoxy groups -OCH3 is 1. The predicted molar refractivity (Wildman–Crippen MR) is 59.5 cm³/mol. The quantitative estimate of drug-likeness (QED) is 0.796. The van der Waals surface area contributed by atoms with Crippen LogP contribution in [-0.2, 0) is 6.18 Å². The van der Waals surface area contributed by atoms with Gasteiger partial charge in [0.25, 0.3) is 0 Å². The maximum absolute atomic E-state index is 12.6. The minimum atomic E-state index is -4.60. The van der Waals surface area contributed by atoms with Crippen molar-refractivity contribution < 1.29 is 17.9 Å². The normalized spacial score (nSPS) is 12.1. The first-order chi connectivity index (χ1) is 7.86. The van der Waals surface area contributed by atoms with Crippen LogP contribution < -0.4 is 4.74 Å². The zero-order valence-corrected chi connectivity index (χ0v) is 10.7. The Hall–Kier alpha value is -0.950. The molecule has 0 atom stereocenters. The molecule has 0 aliphatic heterocycles. The van der Waals surface area contributed by atoms with E-state index >= 15 is 0 Å². The molecule has 0 N–H and O–H groups in total. The first-order valence-corrected chi connectivity index (χ1v) is 5.51. The predicted octanol–water partition coefficient (Wildman–Crippen LogP) is 3.78. The summed E-state index contributed by atoms with van der Waals surface area (Å²) in [6, 6.07) is 3.03. The molecule has 92 valence electrons. The third-order valence-corrected chi connectivity index (χ3v) is 3.11. The lowest BCUT2D eigenvalue weighted by molar-refractivity contribution is -0.141. The van der Waals surface area contributed by atoms with Crippen molar-refractivity contribution in [2.45, 2.75) is 6.18 Å². The smallest absolute Gasteiger partial charge is 0.436 e. The van der Waals surface area contributed by atoms with Gasteiger partial charge in [0.15, 0.2) is 5.69 Å². The molecule has 8 heteroatoms. The molecule has 2 heterocycles. The molecule has 17 heavy (non-hydrogen) atoms. The highest BCUT2D eigenvalue weighted by Crippen LogP contribution is 2.39. The minimum absolute atomic E-state index is 0.123. The molecule has 0 amide bonds. The molecule has 0 saturated carbocycles. The summed E-state index contributed by atoms with van der Waals surface area (Å²) in [5.74, 6) is 0.167. The highest BCUT2D eigenvalue weighted by Gasteiger charge is 2.38. The highest BCUT2D eigenvalue weighted by molar-refractivity contribution is 9.10. The fraction of sp³-hybridized carbons (Fsp3) is 0.222. The third-order valence-electron chi connectivity index (χ3n) is 2.11. The second-order valence-electron chi connectivity index (χ2n) is 3.14. The number of halogens is 5. The number of rotatable bonds is 1. The summed E-state index contributed by atoms with van der Waals surface area (Å²) in [7, 11) is 1.34. The second-order valence-corrected chi connectivity index (χ2v) is 4.38. The van der Waals surface area contributed by atoms with E-state index in [2.05, 4.69) is 21.0 Å². The SMILES string of the molecule is COc1ccc(Br)c2c(Cl)c(C(F)(F)F)nn12. The van der Waals surface area contributed by atoms with Gasteiger partial charge in [0.1, 0.15) is 10.5 Å². The van der Waals surface area contributed by atoms with Crippen molar-refractivity contribution in [3.63, 3.8) is 0 Å². The molecule has 2 aromatic heterocycles. The highest BCUT2D eigenvalue weighted by atomic mass is 79.9. The number of nitrogens with zero attached hydrogens (tertiary/aromatic N) is 2. The van der Waals surface area contributed by atoms with Gasteiger partial charge in [-0.3, -0.25) is 0 Å². The van der Waals surface area contributed by atoms with Crippen LogP contribution >= 0.6 is 27.5 Å². The van der Waals surface area contributed by atoms with Crippen molar-refractivity contribution in [1.82, 2.24) is 9.61 Å². The number of ether oxygens (including phenoxy) is 1. The van der Waals surface area contributed by atoms with E-state index in [0.29, 0.717) is 4.47 Å². The summed E-state index contributed by atoms with van der Waals surface area (Å²) < 4.78 is 44.2. The van der Waals surface area contributed by atoms with Crippen LogP contribution in [0.1, 0.15) is 5.69 Å². The van der Waals surface area contributed by atoms with Gasteiger partial charge in [-0.05, 0) is 22.0 Å². The van der Waals surface area contributed by atoms with Gasteiger partial charge in [-0.25, -0.2) is 0 Å². The molecule has 3 nitrogen and oxygen atoms in total. The van der Waals surface area contributed by atoms with Crippen LogP contribution in [0.2, 0.25) is 5.02 Å². The fourth-order valence-electron chi connectivity index (χ4n) is 1.39. The van der Waals surface area contributed by atoms with Crippen molar-refractivity contribution in [3.05, 3.63) is 27.3 Å². The van der Waals surface area contributed by atoms with E-state index in [9.17, 15) is 13.2 Å². The number of fused-ring (bicyclic) bond motifs is 1. The van der Waals surface area contributed by atoms with E-state index in [4.69, 9.17) is 16.3 Å². The Balaban J connectivity index is 2.85. The summed E-state index contributed by atoms with van der Waals surface area (Å²) >= 11 is 8.81. The lowest BCUT2D eigenvalue weighted by atomic mass is 10.3. The van der Waals surface area contributed by atoms with Crippen molar-refractivity contribution in [3.8, 4) is 5.88 Å². The van der Waals surface area contributed by atoms with Crippen molar-refractivity contribution in [1.29, 1.82) is 0 Å². The van der Waals surface area contributed by atoms with Gasteiger partial charge in [0, 0.05) is 10.5 Å². The van der Waals surface area contributed by atoms with Crippen molar-refractivity contribution >= 4 is 33.0 Å². The Bertz CT molecular complexity index is 582.